The molecule has 1 aliphatic heterocycles. The Bertz CT molecular complexity index is 1090. The van der Waals surface area contributed by atoms with Crippen LogP contribution in [0.3, 0.4) is 0 Å². The molecule has 33 heavy (non-hydrogen) atoms. The van der Waals surface area contributed by atoms with Gasteiger partial charge in [-0.05, 0) is 47.2 Å². The van der Waals surface area contributed by atoms with Gasteiger partial charge < -0.3 is 14.8 Å². The number of carbonyl (C=O) groups excluding carboxylic acids is 3. The maximum Gasteiger partial charge on any atom is 0.387 e. The zero-order valence-corrected chi connectivity index (χ0v) is 18.3. The van der Waals surface area contributed by atoms with Crippen molar-refractivity contribution in [2.24, 2.45) is 0 Å². The molecule has 0 atom stereocenters. The minimum atomic E-state index is -2.98. The van der Waals surface area contributed by atoms with Gasteiger partial charge >= 0.3 is 6.61 Å². The largest absolute Gasteiger partial charge is 0.493 e. The first-order valence-electron chi connectivity index (χ1n) is 9.76. The van der Waals surface area contributed by atoms with Crippen molar-refractivity contribution in [2.45, 2.75) is 6.61 Å². The Balaban J connectivity index is 1.52. The lowest BCUT2D eigenvalue weighted by Crippen LogP contribution is -2.36. The molecule has 1 fully saturated rings. The molecule has 3 amide bonds. The number of halogens is 2. The fraction of sp³-hybridized carbons (Fsp3) is 0.174. The lowest BCUT2D eigenvalue weighted by atomic mass is 10.2. The number of carbonyl (C=O) groups is 3. The summed E-state index contributed by atoms with van der Waals surface area (Å²) in [7, 11) is 1.31. The lowest BCUT2D eigenvalue weighted by Gasteiger charge is -2.12. The molecule has 0 spiro atoms. The monoisotopic (exact) mass is 474 g/mol. The van der Waals surface area contributed by atoms with Crippen LogP contribution in [0.4, 0.5) is 13.6 Å². The standard InChI is InChI=1S/C23H20F2N2O5S/c1-31-18-13-16(7-9-17(18)32-22(24)25)8-10-20(28)26-11-12-27-21(29)19(33-23(27)30)14-15-5-3-2-4-6-15/h2-10,13-14,22H,11-12H2,1H3,(H,26,28). The van der Waals surface area contributed by atoms with Crippen LogP contribution in [0.2, 0.25) is 0 Å². The first kappa shape index (κ1) is 24.0. The quantitative estimate of drug-likeness (QED) is 0.550. The smallest absolute Gasteiger partial charge is 0.387 e. The van der Waals surface area contributed by atoms with Crippen molar-refractivity contribution in [3.63, 3.8) is 0 Å². The van der Waals surface area contributed by atoms with E-state index >= 15 is 0 Å². The molecule has 2 aromatic carbocycles. The third-order valence-electron chi connectivity index (χ3n) is 4.44. The van der Waals surface area contributed by atoms with Crippen LogP contribution in [-0.2, 0) is 9.59 Å². The Kier molecular flexibility index (Phi) is 8.20. The van der Waals surface area contributed by atoms with E-state index in [4.69, 9.17) is 4.74 Å². The molecule has 0 unspecified atom stereocenters. The predicted octanol–water partition coefficient (Wildman–Crippen LogP) is 4.16. The highest BCUT2D eigenvalue weighted by Gasteiger charge is 2.34. The summed E-state index contributed by atoms with van der Waals surface area (Å²) in [6.45, 7) is -2.88. The minimum Gasteiger partial charge on any atom is -0.493 e. The molecule has 0 aromatic heterocycles. The van der Waals surface area contributed by atoms with Gasteiger partial charge in [-0.3, -0.25) is 19.3 Å². The second-order valence-corrected chi connectivity index (χ2v) is 7.65. The van der Waals surface area contributed by atoms with Crippen molar-refractivity contribution >= 4 is 41.0 Å². The van der Waals surface area contributed by atoms with E-state index in [1.54, 1.807) is 6.08 Å². The van der Waals surface area contributed by atoms with Crippen molar-refractivity contribution in [3.8, 4) is 11.5 Å². The number of nitrogens with zero attached hydrogens (tertiary/aromatic N) is 1. The second kappa shape index (κ2) is 11.3. The Morgan fingerprint density at radius 1 is 1.12 bits per heavy atom. The van der Waals surface area contributed by atoms with E-state index in [-0.39, 0.29) is 24.6 Å². The zero-order chi connectivity index (χ0) is 23.8. The van der Waals surface area contributed by atoms with Gasteiger partial charge in [-0.15, -0.1) is 0 Å². The Morgan fingerprint density at radius 2 is 1.88 bits per heavy atom. The highest BCUT2D eigenvalue weighted by atomic mass is 32.2. The number of benzene rings is 2. The minimum absolute atomic E-state index is 0.0316. The third kappa shape index (κ3) is 6.66. The first-order chi connectivity index (χ1) is 15.9. The van der Waals surface area contributed by atoms with Crippen LogP contribution in [0.15, 0.2) is 59.5 Å². The van der Waals surface area contributed by atoms with Gasteiger partial charge in [0.05, 0.1) is 12.0 Å². The van der Waals surface area contributed by atoms with Gasteiger partial charge in [-0.2, -0.15) is 8.78 Å². The fourth-order valence-corrected chi connectivity index (χ4v) is 3.76. The molecule has 7 nitrogen and oxygen atoms in total. The molecule has 0 radical (unpaired) electrons. The Labute approximate surface area is 193 Å². The number of alkyl halides is 2. The molecular weight excluding hydrogens is 454 g/mol. The van der Waals surface area contributed by atoms with Crippen molar-refractivity contribution in [1.82, 2.24) is 10.2 Å². The molecule has 3 rings (SSSR count). The third-order valence-corrected chi connectivity index (χ3v) is 5.34. The number of thioether (sulfide) groups is 1. The van der Waals surface area contributed by atoms with Gasteiger partial charge in [0.2, 0.25) is 5.91 Å². The van der Waals surface area contributed by atoms with Crippen molar-refractivity contribution in [1.29, 1.82) is 0 Å². The summed E-state index contributed by atoms with van der Waals surface area (Å²) >= 11 is 0.854. The summed E-state index contributed by atoms with van der Waals surface area (Å²) in [5, 5.41) is 2.20. The number of ether oxygens (including phenoxy) is 2. The SMILES string of the molecule is COc1cc(C=CC(=O)NCCN2C(=O)SC(=Cc3ccccc3)C2=O)ccc1OC(F)F. The molecule has 172 valence electrons. The molecule has 0 aliphatic carbocycles. The van der Waals surface area contributed by atoms with Crippen molar-refractivity contribution < 1.29 is 32.6 Å². The summed E-state index contributed by atoms with van der Waals surface area (Å²) in [6, 6.07) is 13.4. The maximum absolute atomic E-state index is 12.5. The number of imide groups is 1. The summed E-state index contributed by atoms with van der Waals surface area (Å²) < 4.78 is 34.2. The highest BCUT2D eigenvalue weighted by molar-refractivity contribution is 8.18. The zero-order valence-electron chi connectivity index (χ0n) is 17.5. The van der Waals surface area contributed by atoms with Crippen LogP contribution in [0.5, 0.6) is 11.5 Å². The van der Waals surface area contributed by atoms with E-state index in [2.05, 4.69) is 10.1 Å². The average Bonchev–Trinajstić information content (AvgIpc) is 3.06. The van der Waals surface area contributed by atoms with Gasteiger partial charge in [0, 0.05) is 19.2 Å². The number of nitrogens with one attached hydrogen (secondary N) is 1. The number of rotatable bonds is 9. The van der Waals surface area contributed by atoms with Crippen LogP contribution >= 0.6 is 11.8 Å². The molecule has 0 saturated carbocycles. The van der Waals surface area contributed by atoms with E-state index in [9.17, 15) is 23.2 Å². The van der Waals surface area contributed by atoms with E-state index in [1.807, 2.05) is 30.3 Å². The lowest BCUT2D eigenvalue weighted by molar-refractivity contribution is -0.123. The molecule has 1 saturated heterocycles. The van der Waals surface area contributed by atoms with Crippen LogP contribution in [0, 0.1) is 0 Å². The fourth-order valence-electron chi connectivity index (χ4n) is 2.90. The molecule has 1 N–H and O–H groups in total. The average molecular weight is 474 g/mol. The number of methoxy groups -OCH3 is 1. The van der Waals surface area contributed by atoms with Crippen LogP contribution < -0.4 is 14.8 Å². The maximum atomic E-state index is 12.5. The Hall–Kier alpha value is -3.66. The van der Waals surface area contributed by atoms with E-state index in [1.165, 1.54) is 37.5 Å². The van der Waals surface area contributed by atoms with Crippen molar-refractivity contribution in [3.05, 3.63) is 70.6 Å². The molecule has 1 aliphatic rings. The summed E-state index contributed by atoms with van der Waals surface area (Å²) in [5.74, 6) is -0.876. The van der Waals surface area contributed by atoms with E-state index in [0.29, 0.717) is 10.5 Å². The number of hydrogen-bond donors (Lipinski definition) is 1. The molecular formula is C23H20F2N2O5S. The number of amides is 3. The molecule has 2 aromatic rings. The molecule has 1 heterocycles. The van der Waals surface area contributed by atoms with Gasteiger partial charge in [-0.1, -0.05) is 36.4 Å². The van der Waals surface area contributed by atoms with Gasteiger partial charge in [0.15, 0.2) is 11.5 Å². The van der Waals surface area contributed by atoms with Gasteiger partial charge in [0.1, 0.15) is 0 Å². The summed E-state index contributed by atoms with van der Waals surface area (Å²) in [4.78, 5) is 38.1. The summed E-state index contributed by atoms with van der Waals surface area (Å²) in [5.41, 5.74) is 1.34. The highest BCUT2D eigenvalue weighted by Crippen LogP contribution is 2.32. The van der Waals surface area contributed by atoms with Gasteiger partial charge in [-0.25, -0.2) is 0 Å². The van der Waals surface area contributed by atoms with Gasteiger partial charge in [0.25, 0.3) is 11.1 Å². The van der Waals surface area contributed by atoms with Crippen LogP contribution in [0.1, 0.15) is 11.1 Å². The number of hydrogen-bond acceptors (Lipinski definition) is 6. The van der Waals surface area contributed by atoms with Crippen LogP contribution in [-0.4, -0.2) is 48.8 Å². The summed E-state index contributed by atoms with van der Waals surface area (Å²) in [6.07, 6.45) is 4.36. The van der Waals surface area contributed by atoms with Crippen LogP contribution in [0.25, 0.3) is 12.2 Å². The Morgan fingerprint density at radius 3 is 2.58 bits per heavy atom. The van der Waals surface area contributed by atoms with E-state index < -0.39 is 23.7 Å². The topological polar surface area (TPSA) is 84.9 Å². The molecule has 0 bridgehead atoms. The first-order valence-corrected chi connectivity index (χ1v) is 10.6. The second-order valence-electron chi connectivity index (χ2n) is 6.66. The van der Waals surface area contributed by atoms with Crippen molar-refractivity contribution in [2.75, 3.05) is 20.2 Å². The normalized spacial score (nSPS) is 15.0. The molecule has 10 heteroatoms. The van der Waals surface area contributed by atoms with E-state index in [0.717, 1.165) is 22.2 Å². The predicted molar refractivity (Wildman–Crippen MR) is 121 cm³/mol.